The van der Waals surface area contributed by atoms with E-state index in [9.17, 15) is 0 Å². The van der Waals surface area contributed by atoms with Crippen molar-refractivity contribution in [1.29, 1.82) is 0 Å². The van der Waals surface area contributed by atoms with Crippen LogP contribution < -0.4 is 5.32 Å². The average molecular weight is 219 g/mol. The zero-order valence-corrected chi connectivity index (χ0v) is 10.2. The number of aromatic nitrogens is 2. The third kappa shape index (κ3) is 1.83. The summed E-state index contributed by atoms with van der Waals surface area (Å²) in [5, 5.41) is 8.26. The fourth-order valence-electron chi connectivity index (χ4n) is 2.73. The quantitative estimate of drug-likeness (QED) is 0.847. The predicted octanol–water partition coefficient (Wildman–Crippen LogP) is 2.85. The number of fused-ring (bicyclic) bond motifs is 1. The van der Waals surface area contributed by atoms with E-state index in [0.29, 0.717) is 12.0 Å². The number of nitrogens with zero attached hydrogens (tertiary/aromatic N) is 2. The van der Waals surface area contributed by atoms with Crippen LogP contribution in [0.4, 0.5) is 5.82 Å². The Balaban J connectivity index is 1.85. The lowest BCUT2D eigenvalue weighted by Crippen LogP contribution is -2.24. The topological polar surface area (TPSA) is 29.9 Å². The minimum Gasteiger partial charge on any atom is -0.370 e. The van der Waals surface area contributed by atoms with Crippen LogP contribution in [-0.2, 0) is 6.42 Å². The highest BCUT2D eigenvalue weighted by Crippen LogP contribution is 2.43. The molecule has 3 heteroatoms. The van der Waals surface area contributed by atoms with E-state index in [0.717, 1.165) is 18.9 Å². The summed E-state index contributed by atoms with van der Waals surface area (Å²) in [6, 6.07) is 2.92. The summed E-state index contributed by atoms with van der Waals surface area (Å²) in [5.74, 6) is 2.85. The first-order valence-corrected chi connectivity index (χ1v) is 6.56. The van der Waals surface area contributed by atoms with Gasteiger partial charge in [-0.3, -0.25) is 0 Å². The molecule has 1 atom stereocenters. The van der Waals surface area contributed by atoms with Crippen molar-refractivity contribution in [2.24, 2.45) is 11.8 Å². The molecular formula is C13H21N3. The third-order valence-corrected chi connectivity index (χ3v) is 3.63. The Hall–Kier alpha value is -0.990. The van der Waals surface area contributed by atoms with Gasteiger partial charge < -0.3 is 5.32 Å². The molecule has 1 aromatic heterocycles. The van der Waals surface area contributed by atoms with Gasteiger partial charge in [-0.1, -0.05) is 13.8 Å². The molecule has 0 amide bonds. The van der Waals surface area contributed by atoms with Gasteiger partial charge in [-0.2, -0.15) is 5.10 Å². The van der Waals surface area contributed by atoms with Crippen LogP contribution >= 0.6 is 0 Å². The molecule has 3 rings (SSSR count). The zero-order chi connectivity index (χ0) is 11.1. The smallest absolute Gasteiger partial charge is 0.124 e. The summed E-state index contributed by atoms with van der Waals surface area (Å²) in [7, 11) is 0. The number of anilines is 1. The molecule has 0 aromatic carbocycles. The van der Waals surface area contributed by atoms with Crippen LogP contribution in [0.5, 0.6) is 0 Å². The number of rotatable bonds is 3. The van der Waals surface area contributed by atoms with Crippen LogP contribution in [0.15, 0.2) is 6.07 Å². The van der Waals surface area contributed by atoms with Crippen LogP contribution in [-0.4, -0.2) is 16.3 Å². The Morgan fingerprint density at radius 1 is 1.44 bits per heavy atom. The van der Waals surface area contributed by atoms with E-state index in [1.807, 2.05) is 0 Å². The van der Waals surface area contributed by atoms with Crippen molar-refractivity contribution in [3.05, 3.63) is 11.8 Å². The Morgan fingerprint density at radius 3 is 2.94 bits per heavy atom. The van der Waals surface area contributed by atoms with Gasteiger partial charge in [0.25, 0.3) is 0 Å². The Bertz CT molecular complexity index is 377. The molecule has 1 unspecified atom stereocenters. The summed E-state index contributed by atoms with van der Waals surface area (Å²) in [6.07, 6.45) is 5.16. The largest absolute Gasteiger partial charge is 0.370 e. The van der Waals surface area contributed by atoms with E-state index < -0.39 is 0 Å². The number of hydrogen-bond acceptors (Lipinski definition) is 2. The van der Waals surface area contributed by atoms with Gasteiger partial charge in [0.15, 0.2) is 0 Å². The lowest BCUT2D eigenvalue weighted by atomic mass is 10.1. The second kappa shape index (κ2) is 3.79. The maximum absolute atomic E-state index is 4.79. The maximum atomic E-state index is 4.79. The van der Waals surface area contributed by atoms with Crippen LogP contribution in [0.2, 0.25) is 0 Å². The molecule has 3 nitrogen and oxygen atoms in total. The molecular weight excluding hydrogens is 198 g/mol. The molecule has 0 spiro atoms. The monoisotopic (exact) mass is 219 g/mol. The number of hydrogen-bond donors (Lipinski definition) is 1. The van der Waals surface area contributed by atoms with Gasteiger partial charge >= 0.3 is 0 Å². The van der Waals surface area contributed by atoms with Gasteiger partial charge in [-0.25, -0.2) is 4.68 Å². The fraction of sp³-hybridized carbons (Fsp3) is 0.769. The van der Waals surface area contributed by atoms with E-state index in [1.54, 1.807) is 0 Å². The van der Waals surface area contributed by atoms with E-state index in [-0.39, 0.29) is 0 Å². The first-order chi connectivity index (χ1) is 7.74. The molecule has 0 bridgehead atoms. The minimum atomic E-state index is 0.678. The number of nitrogens with one attached hydrogen (secondary N) is 1. The van der Waals surface area contributed by atoms with Crippen LogP contribution in [0.1, 0.15) is 44.8 Å². The fourth-order valence-corrected chi connectivity index (χ4v) is 2.73. The molecule has 88 valence electrons. The van der Waals surface area contributed by atoms with E-state index in [1.165, 1.54) is 30.8 Å². The highest BCUT2D eigenvalue weighted by molar-refractivity contribution is 5.39. The predicted molar refractivity (Wildman–Crippen MR) is 65.6 cm³/mol. The second-order valence-corrected chi connectivity index (χ2v) is 5.68. The summed E-state index contributed by atoms with van der Waals surface area (Å²) in [6.45, 7) is 5.63. The maximum Gasteiger partial charge on any atom is 0.124 e. The van der Waals surface area contributed by atoms with Crippen molar-refractivity contribution in [2.45, 2.75) is 45.6 Å². The molecule has 1 aliphatic heterocycles. The molecule has 2 aliphatic rings. The van der Waals surface area contributed by atoms with Crippen molar-refractivity contribution in [1.82, 2.24) is 9.78 Å². The van der Waals surface area contributed by atoms with Crippen LogP contribution in [0.25, 0.3) is 0 Å². The van der Waals surface area contributed by atoms with Crippen LogP contribution in [0.3, 0.4) is 0 Å². The highest BCUT2D eigenvalue weighted by atomic mass is 15.4. The van der Waals surface area contributed by atoms with Gasteiger partial charge in [-0.05, 0) is 37.5 Å². The van der Waals surface area contributed by atoms with Gasteiger partial charge in [0.2, 0.25) is 0 Å². The minimum absolute atomic E-state index is 0.678. The lowest BCUT2D eigenvalue weighted by Gasteiger charge is -2.25. The summed E-state index contributed by atoms with van der Waals surface area (Å²) in [4.78, 5) is 0. The molecule has 1 aromatic rings. The van der Waals surface area contributed by atoms with Crippen LogP contribution in [0, 0.1) is 11.8 Å². The molecule has 1 aliphatic carbocycles. The zero-order valence-electron chi connectivity index (χ0n) is 10.2. The molecule has 1 saturated carbocycles. The van der Waals surface area contributed by atoms with E-state index in [4.69, 9.17) is 5.10 Å². The third-order valence-electron chi connectivity index (χ3n) is 3.63. The molecule has 2 heterocycles. The van der Waals surface area contributed by atoms with Crippen molar-refractivity contribution in [2.75, 3.05) is 11.9 Å². The van der Waals surface area contributed by atoms with E-state index in [2.05, 4.69) is 29.9 Å². The van der Waals surface area contributed by atoms with Gasteiger partial charge in [0, 0.05) is 12.6 Å². The van der Waals surface area contributed by atoms with Crippen molar-refractivity contribution in [3.63, 3.8) is 0 Å². The highest BCUT2D eigenvalue weighted by Gasteiger charge is 2.35. The summed E-state index contributed by atoms with van der Waals surface area (Å²) >= 11 is 0. The van der Waals surface area contributed by atoms with Crippen molar-refractivity contribution < 1.29 is 0 Å². The molecule has 1 fully saturated rings. The Morgan fingerprint density at radius 2 is 2.25 bits per heavy atom. The standard InChI is InChI=1S/C13H21N3/c1-9(2)7-11-8-13-14-6-5-12(10-3-4-10)16(13)15-11/h8-10,12,14H,3-7H2,1-2H3. The first-order valence-electron chi connectivity index (χ1n) is 6.56. The second-order valence-electron chi connectivity index (χ2n) is 5.68. The van der Waals surface area contributed by atoms with Crippen molar-refractivity contribution >= 4 is 5.82 Å². The van der Waals surface area contributed by atoms with Gasteiger partial charge in [0.05, 0.1) is 11.7 Å². The van der Waals surface area contributed by atoms with E-state index >= 15 is 0 Å². The normalized spacial score (nSPS) is 24.3. The molecule has 0 saturated heterocycles. The molecule has 1 N–H and O–H groups in total. The Kier molecular flexibility index (Phi) is 2.41. The molecule has 16 heavy (non-hydrogen) atoms. The summed E-state index contributed by atoms with van der Waals surface area (Å²) < 4.78 is 2.26. The SMILES string of the molecule is CC(C)Cc1cc2n(n1)C(C1CC1)CCN2. The summed E-state index contributed by atoms with van der Waals surface area (Å²) in [5.41, 5.74) is 1.25. The van der Waals surface area contributed by atoms with Crippen molar-refractivity contribution in [3.8, 4) is 0 Å². The first kappa shape index (κ1) is 10.2. The lowest BCUT2D eigenvalue weighted by molar-refractivity contribution is 0.372. The molecule has 0 radical (unpaired) electrons. The van der Waals surface area contributed by atoms with Gasteiger partial charge in [-0.15, -0.1) is 0 Å². The Labute approximate surface area is 97.2 Å². The average Bonchev–Trinajstić information content (AvgIpc) is 2.97. The van der Waals surface area contributed by atoms with Gasteiger partial charge in [0.1, 0.15) is 5.82 Å².